The first-order valence-corrected chi connectivity index (χ1v) is 7.70. The second kappa shape index (κ2) is 6.86. The number of nitrogens with one attached hydrogen (secondary N) is 1. The number of rotatable bonds is 6. The van der Waals surface area contributed by atoms with E-state index < -0.39 is 0 Å². The van der Waals surface area contributed by atoms with Crippen LogP contribution in [-0.2, 0) is 13.0 Å². The molecule has 108 valence electrons. The van der Waals surface area contributed by atoms with Gasteiger partial charge in [0, 0.05) is 24.0 Å². The average molecular weight is 290 g/mol. The van der Waals surface area contributed by atoms with Gasteiger partial charge in [0.25, 0.3) is 0 Å². The number of thiazole rings is 1. The van der Waals surface area contributed by atoms with Crippen molar-refractivity contribution >= 4 is 11.3 Å². The summed E-state index contributed by atoms with van der Waals surface area (Å²) in [5.41, 5.74) is 3.75. The number of benzene rings is 1. The summed E-state index contributed by atoms with van der Waals surface area (Å²) in [5, 5.41) is 4.27. The molecule has 1 aromatic carbocycles. The van der Waals surface area contributed by atoms with E-state index in [-0.39, 0.29) is 0 Å². The van der Waals surface area contributed by atoms with Gasteiger partial charge in [0.1, 0.15) is 5.75 Å². The third kappa shape index (κ3) is 3.81. The van der Waals surface area contributed by atoms with Crippen LogP contribution in [0.15, 0.2) is 18.3 Å². The summed E-state index contributed by atoms with van der Waals surface area (Å²) in [6.45, 7) is 7.90. The Hall–Kier alpha value is -1.39. The molecule has 0 atom stereocenters. The summed E-state index contributed by atoms with van der Waals surface area (Å²) < 4.78 is 5.92. The van der Waals surface area contributed by atoms with Gasteiger partial charge >= 0.3 is 0 Å². The molecular formula is C16H22N2OS. The average Bonchev–Trinajstić information content (AvgIpc) is 2.83. The first-order chi connectivity index (χ1) is 9.60. The molecule has 0 saturated heterocycles. The molecule has 20 heavy (non-hydrogen) atoms. The molecule has 1 N–H and O–H groups in total. The van der Waals surface area contributed by atoms with Crippen molar-refractivity contribution in [2.24, 2.45) is 0 Å². The van der Waals surface area contributed by atoms with Gasteiger partial charge < -0.3 is 10.1 Å². The summed E-state index contributed by atoms with van der Waals surface area (Å²) in [6.07, 6.45) is 2.80. The predicted molar refractivity (Wildman–Crippen MR) is 84.7 cm³/mol. The standard InChI is InChI=1S/C16H22N2OS/c1-11-7-12(2)13(3)15(8-11)19-6-5-16-18-10-14(20-16)9-17-4/h7-8,10,17H,5-6,9H2,1-4H3. The van der Waals surface area contributed by atoms with Crippen LogP contribution < -0.4 is 10.1 Å². The van der Waals surface area contributed by atoms with Crippen LogP contribution in [0.5, 0.6) is 5.75 Å². The third-order valence-corrected chi connectivity index (χ3v) is 4.35. The summed E-state index contributed by atoms with van der Waals surface area (Å²) in [6, 6.07) is 4.30. The molecule has 2 aromatic rings. The zero-order chi connectivity index (χ0) is 14.5. The van der Waals surface area contributed by atoms with Crippen LogP contribution in [-0.4, -0.2) is 18.6 Å². The largest absolute Gasteiger partial charge is 0.493 e. The molecule has 0 radical (unpaired) electrons. The van der Waals surface area contributed by atoms with Crippen molar-refractivity contribution in [2.75, 3.05) is 13.7 Å². The van der Waals surface area contributed by atoms with E-state index in [1.807, 2.05) is 13.2 Å². The Morgan fingerprint density at radius 3 is 2.80 bits per heavy atom. The van der Waals surface area contributed by atoms with E-state index in [1.165, 1.54) is 21.6 Å². The minimum atomic E-state index is 0.677. The van der Waals surface area contributed by atoms with Crippen LogP contribution in [0.25, 0.3) is 0 Å². The Morgan fingerprint density at radius 2 is 2.05 bits per heavy atom. The highest BCUT2D eigenvalue weighted by atomic mass is 32.1. The molecule has 0 aliphatic carbocycles. The van der Waals surface area contributed by atoms with Crippen LogP contribution in [0.1, 0.15) is 26.6 Å². The van der Waals surface area contributed by atoms with Crippen LogP contribution in [0, 0.1) is 20.8 Å². The molecule has 2 rings (SSSR count). The number of ether oxygens (including phenoxy) is 1. The third-order valence-electron chi connectivity index (χ3n) is 3.29. The number of hydrogen-bond donors (Lipinski definition) is 1. The quantitative estimate of drug-likeness (QED) is 0.885. The van der Waals surface area contributed by atoms with E-state index in [2.05, 4.69) is 43.2 Å². The van der Waals surface area contributed by atoms with Crippen molar-refractivity contribution in [1.29, 1.82) is 0 Å². The minimum absolute atomic E-state index is 0.677. The fourth-order valence-corrected chi connectivity index (χ4v) is 3.03. The molecule has 0 aliphatic heterocycles. The minimum Gasteiger partial charge on any atom is -0.493 e. The van der Waals surface area contributed by atoms with Crippen LogP contribution >= 0.6 is 11.3 Å². The fraction of sp³-hybridized carbons (Fsp3) is 0.438. The van der Waals surface area contributed by atoms with Gasteiger partial charge in [0.05, 0.1) is 11.6 Å². The molecule has 0 saturated carbocycles. The van der Waals surface area contributed by atoms with Crippen LogP contribution in [0.3, 0.4) is 0 Å². The lowest BCUT2D eigenvalue weighted by atomic mass is 10.1. The Labute approximate surface area is 125 Å². The highest BCUT2D eigenvalue weighted by Gasteiger charge is 2.05. The van der Waals surface area contributed by atoms with Crippen molar-refractivity contribution in [3.63, 3.8) is 0 Å². The Bertz CT molecular complexity index is 578. The molecule has 0 spiro atoms. The Morgan fingerprint density at radius 1 is 1.25 bits per heavy atom. The normalized spacial score (nSPS) is 10.8. The smallest absolute Gasteiger partial charge is 0.122 e. The first-order valence-electron chi connectivity index (χ1n) is 6.89. The monoisotopic (exact) mass is 290 g/mol. The molecule has 4 heteroatoms. The lowest BCUT2D eigenvalue weighted by molar-refractivity contribution is 0.319. The number of hydrogen-bond acceptors (Lipinski definition) is 4. The molecule has 0 fully saturated rings. The topological polar surface area (TPSA) is 34.2 Å². The number of aryl methyl sites for hydroxylation is 2. The van der Waals surface area contributed by atoms with Crippen LogP contribution in [0.4, 0.5) is 0 Å². The zero-order valence-corrected chi connectivity index (χ0v) is 13.4. The van der Waals surface area contributed by atoms with Crippen molar-refractivity contribution in [3.8, 4) is 5.75 Å². The van der Waals surface area contributed by atoms with Gasteiger partial charge in [-0.1, -0.05) is 6.07 Å². The Kier molecular flexibility index (Phi) is 5.15. The maximum absolute atomic E-state index is 5.92. The molecule has 1 heterocycles. The molecule has 0 amide bonds. The fourth-order valence-electron chi connectivity index (χ4n) is 2.12. The van der Waals surface area contributed by atoms with Crippen LogP contribution in [0.2, 0.25) is 0 Å². The lowest BCUT2D eigenvalue weighted by Crippen LogP contribution is -2.03. The summed E-state index contributed by atoms with van der Waals surface area (Å²) >= 11 is 1.75. The van der Waals surface area contributed by atoms with Gasteiger partial charge in [-0.3, -0.25) is 0 Å². The van der Waals surface area contributed by atoms with Crippen molar-refractivity contribution in [2.45, 2.75) is 33.7 Å². The molecule has 0 bridgehead atoms. The van der Waals surface area contributed by atoms with E-state index >= 15 is 0 Å². The SMILES string of the molecule is CNCc1cnc(CCOc2cc(C)cc(C)c2C)s1. The van der Waals surface area contributed by atoms with Gasteiger partial charge in [0.2, 0.25) is 0 Å². The molecule has 0 unspecified atom stereocenters. The highest BCUT2D eigenvalue weighted by molar-refractivity contribution is 7.11. The van der Waals surface area contributed by atoms with E-state index in [4.69, 9.17) is 4.74 Å². The van der Waals surface area contributed by atoms with E-state index in [0.29, 0.717) is 6.61 Å². The van der Waals surface area contributed by atoms with Crippen molar-refractivity contribution in [1.82, 2.24) is 10.3 Å². The zero-order valence-electron chi connectivity index (χ0n) is 12.6. The summed E-state index contributed by atoms with van der Waals surface area (Å²) in [4.78, 5) is 5.69. The summed E-state index contributed by atoms with van der Waals surface area (Å²) in [7, 11) is 1.95. The van der Waals surface area contributed by atoms with E-state index in [9.17, 15) is 0 Å². The van der Waals surface area contributed by atoms with Crippen molar-refractivity contribution < 1.29 is 4.74 Å². The highest BCUT2D eigenvalue weighted by Crippen LogP contribution is 2.23. The van der Waals surface area contributed by atoms with Gasteiger partial charge in [-0.2, -0.15) is 0 Å². The molecule has 0 aliphatic rings. The number of aromatic nitrogens is 1. The predicted octanol–water partition coefficient (Wildman–Crippen LogP) is 3.41. The van der Waals surface area contributed by atoms with E-state index in [0.717, 1.165) is 23.7 Å². The molecular weight excluding hydrogens is 268 g/mol. The van der Waals surface area contributed by atoms with Gasteiger partial charge in [0.15, 0.2) is 0 Å². The lowest BCUT2D eigenvalue weighted by Gasteiger charge is -2.11. The summed E-state index contributed by atoms with van der Waals surface area (Å²) in [5.74, 6) is 0.995. The van der Waals surface area contributed by atoms with Gasteiger partial charge in [-0.05, 0) is 50.6 Å². The number of nitrogens with zero attached hydrogens (tertiary/aromatic N) is 1. The van der Waals surface area contributed by atoms with Gasteiger partial charge in [-0.15, -0.1) is 11.3 Å². The second-order valence-electron chi connectivity index (χ2n) is 5.05. The first kappa shape index (κ1) is 15.0. The second-order valence-corrected chi connectivity index (χ2v) is 6.25. The molecule has 3 nitrogen and oxygen atoms in total. The Balaban J connectivity index is 1.92. The van der Waals surface area contributed by atoms with Gasteiger partial charge in [-0.25, -0.2) is 4.98 Å². The maximum atomic E-state index is 5.92. The van der Waals surface area contributed by atoms with Crippen molar-refractivity contribution in [3.05, 3.63) is 44.9 Å². The maximum Gasteiger partial charge on any atom is 0.122 e. The molecule has 1 aromatic heterocycles. The van der Waals surface area contributed by atoms with E-state index in [1.54, 1.807) is 11.3 Å².